The number of carboxylic acid groups (broad SMARTS) is 1. The van der Waals surface area contributed by atoms with Crippen molar-refractivity contribution < 1.29 is 23.7 Å². The number of aliphatic carboxylic acids is 1. The molecule has 4 aromatic rings. The van der Waals surface area contributed by atoms with Gasteiger partial charge in [0, 0.05) is 25.6 Å². The van der Waals surface area contributed by atoms with E-state index >= 15 is 0 Å². The molecule has 0 spiro atoms. The summed E-state index contributed by atoms with van der Waals surface area (Å²) in [4.78, 5) is 13.4. The first kappa shape index (κ1) is 31.0. The summed E-state index contributed by atoms with van der Waals surface area (Å²) in [5.41, 5.74) is 5.61. The number of hydrogen-bond donors (Lipinski definition) is 3. The van der Waals surface area contributed by atoms with Crippen LogP contribution in [0.2, 0.25) is 0 Å². The minimum absolute atomic E-state index is 0.218. The van der Waals surface area contributed by atoms with Gasteiger partial charge >= 0.3 is 5.97 Å². The molecule has 10 heteroatoms. The van der Waals surface area contributed by atoms with Gasteiger partial charge in [0.15, 0.2) is 0 Å². The molecule has 3 N–H and O–H groups in total. The predicted molar refractivity (Wildman–Crippen MR) is 170 cm³/mol. The number of ether oxygens (including phenoxy) is 1. The summed E-state index contributed by atoms with van der Waals surface area (Å²) >= 11 is 0. The highest BCUT2D eigenvalue weighted by molar-refractivity contribution is 8.22. The predicted octanol–water partition coefficient (Wildman–Crippen LogP) is 7.04. The number of rotatable bonds is 8. The Morgan fingerprint density at radius 3 is 2.56 bits per heavy atom. The highest BCUT2D eigenvalue weighted by atomic mass is 32.3. The Morgan fingerprint density at radius 2 is 1.88 bits per heavy atom. The molecule has 0 saturated carbocycles. The zero-order valence-corrected chi connectivity index (χ0v) is 26.8. The van der Waals surface area contributed by atoms with Crippen molar-refractivity contribution in [3.8, 4) is 5.75 Å². The third-order valence-corrected chi connectivity index (χ3v) is 10.9. The largest absolute Gasteiger partial charge is 0.494 e. The molecule has 5 rings (SSSR count). The molecule has 1 aliphatic rings. The van der Waals surface area contributed by atoms with Crippen LogP contribution in [0.25, 0.3) is 11.0 Å². The molecule has 2 heterocycles. The van der Waals surface area contributed by atoms with Crippen LogP contribution in [-0.2, 0) is 24.3 Å². The van der Waals surface area contributed by atoms with E-state index < -0.39 is 28.1 Å². The summed E-state index contributed by atoms with van der Waals surface area (Å²) in [6.07, 6.45) is 0.767. The minimum Gasteiger partial charge on any atom is -0.494 e. The fourth-order valence-electron chi connectivity index (χ4n) is 6.41. The molecule has 43 heavy (non-hydrogen) atoms. The lowest BCUT2D eigenvalue weighted by molar-refractivity contribution is -0.147. The van der Waals surface area contributed by atoms with Crippen molar-refractivity contribution in [1.82, 2.24) is 19.3 Å². The minimum atomic E-state index is -3.23. The van der Waals surface area contributed by atoms with Crippen molar-refractivity contribution in [2.24, 2.45) is 11.3 Å². The number of nitrogens with zero attached hydrogens (tertiary/aromatic N) is 4. The Hall–Kier alpha value is -3.44. The summed E-state index contributed by atoms with van der Waals surface area (Å²) in [5, 5.41) is 19.2. The first-order valence-corrected chi connectivity index (χ1v) is 16.2. The Labute approximate surface area is 255 Å². The van der Waals surface area contributed by atoms with Crippen molar-refractivity contribution in [1.29, 1.82) is 0 Å². The van der Waals surface area contributed by atoms with Gasteiger partial charge in [0.25, 0.3) is 0 Å². The van der Waals surface area contributed by atoms with Crippen LogP contribution < -0.4 is 4.74 Å². The molecule has 0 radical (unpaired) electrons. The second kappa shape index (κ2) is 11.6. The van der Waals surface area contributed by atoms with Crippen molar-refractivity contribution in [3.05, 3.63) is 81.9 Å². The van der Waals surface area contributed by atoms with Crippen LogP contribution in [0.3, 0.4) is 0 Å². The number of benzene rings is 3. The number of aryl methyl sites for hydroxylation is 3. The maximum Gasteiger partial charge on any atom is 0.310 e. The molecule has 2 unspecified atom stereocenters. The van der Waals surface area contributed by atoms with Crippen LogP contribution in [0, 0.1) is 25.2 Å². The van der Waals surface area contributed by atoms with Gasteiger partial charge in [-0.2, -0.15) is 4.31 Å². The first-order valence-electron chi connectivity index (χ1n) is 14.7. The molecule has 0 amide bonds. The molecule has 0 bridgehead atoms. The van der Waals surface area contributed by atoms with Crippen LogP contribution in [0.4, 0.5) is 0 Å². The lowest BCUT2D eigenvalue weighted by Crippen LogP contribution is -2.33. The highest BCUT2D eigenvalue weighted by Gasteiger charge is 2.41. The SMILES string of the molecule is CCn1nnc2c(C)c(C(c3ccc(C)c(CN4CC(C)Cc5ccccc5S4(O)O)c3)C(C)(C)C(=O)O)cc(OC)c21. The van der Waals surface area contributed by atoms with E-state index in [0.717, 1.165) is 45.3 Å². The van der Waals surface area contributed by atoms with Gasteiger partial charge in [-0.15, -0.1) is 15.9 Å². The maximum atomic E-state index is 12.8. The number of methoxy groups -OCH3 is 1. The van der Waals surface area contributed by atoms with E-state index in [0.29, 0.717) is 35.8 Å². The van der Waals surface area contributed by atoms with Crippen LogP contribution >= 0.6 is 10.8 Å². The number of carbonyl (C=O) groups is 1. The third-order valence-electron chi connectivity index (χ3n) is 8.91. The molecule has 9 nitrogen and oxygen atoms in total. The zero-order chi connectivity index (χ0) is 31.3. The molecule has 0 aliphatic carbocycles. The second-order valence-corrected chi connectivity index (χ2v) is 14.3. The first-order chi connectivity index (χ1) is 20.3. The zero-order valence-electron chi connectivity index (χ0n) is 26.0. The number of carboxylic acids is 1. The fraction of sp³-hybridized carbons (Fsp3) is 0.424. The van der Waals surface area contributed by atoms with Gasteiger partial charge in [-0.05, 0) is 92.5 Å². The van der Waals surface area contributed by atoms with Gasteiger partial charge in [0.1, 0.15) is 16.8 Å². The second-order valence-electron chi connectivity index (χ2n) is 12.3. The lowest BCUT2D eigenvalue weighted by Gasteiger charge is -2.43. The third kappa shape index (κ3) is 5.42. The van der Waals surface area contributed by atoms with E-state index in [2.05, 4.69) is 17.2 Å². The fourth-order valence-corrected chi connectivity index (χ4v) is 8.23. The van der Waals surface area contributed by atoms with E-state index in [1.54, 1.807) is 29.9 Å². The van der Waals surface area contributed by atoms with Gasteiger partial charge < -0.3 is 9.84 Å². The van der Waals surface area contributed by atoms with Crippen molar-refractivity contribution >= 4 is 27.8 Å². The summed E-state index contributed by atoms with van der Waals surface area (Å²) in [7, 11) is -1.63. The number of hydrogen-bond acceptors (Lipinski definition) is 7. The average molecular weight is 607 g/mol. The number of aromatic nitrogens is 3. The quantitative estimate of drug-likeness (QED) is 0.195. The van der Waals surface area contributed by atoms with E-state index in [-0.39, 0.29) is 5.92 Å². The van der Waals surface area contributed by atoms with Gasteiger partial charge in [-0.1, -0.05) is 48.5 Å². The normalized spacial score (nSPS) is 18.6. The monoisotopic (exact) mass is 606 g/mol. The standard InChI is InChI=1S/C33H42N4O5S/c1-8-37-31-27(42-7)17-26(22(4)30(31)34-35-37)29(33(5,6)32(38)39)24-14-13-21(3)25(16-24)19-36-18-20(2)15-23-11-9-10-12-28(23)43(36,40)41/h9-14,16-17,20,29,40-41H,8,15,18-19H2,1-7H3,(H,38,39). The van der Waals surface area contributed by atoms with Crippen molar-refractivity contribution in [2.45, 2.75) is 71.9 Å². The highest BCUT2D eigenvalue weighted by Crippen LogP contribution is 2.56. The topological polar surface area (TPSA) is 121 Å². The van der Waals surface area contributed by atoms with Crippen LogP contribution in [0.5, 0.6) is 5.75 Å². The molecule has 2 atom stereocenters. The van der Waals surface area contributed by atoms with Gasteiger partial charge in [0.05, 0.1) is 17.4 Å². The van der Waals surface area contributed by atoms with Crippen LogP contribution in [0.1, 0.15) is 67.0 Å². The smallest absolute Gasteiger partial charge is 0.310 e. The summed E-state index contributed by atoms with van der Waals surface area (Å²) < 4.78 is 32.5. The van der Waals surface area contributed by atoms with Gasteiger partial charge in [0.2, 0.25) is 0 Å². The van der Waals surface area contributed by atoms with E-state index in [1.165, 1.54) is 0 Å². The van der Waals surface area contributed by atoms with Crippen LogP contribution in [0.15, 0.2) is 53.4 Å². The summed E-state index contributed by atoms with van der Waals surface area (Å²) in [5.74, 6) is -0.677. The Balaban J connectivity index is 1.65. The summed E-state index contributed by atoms with van der Waals surface area (Å²) in [6.45, 7) is 13.0. The van der Waals surface area contributed by atoms with Gasteiger partial charge in [-0.25, -0.2) is 4.68 Å². The maximum absolute atomic E-state index is 12.8. The molecule has 1 aliphatic heterocycles. The number of fused-ring (bicyclic) bond motifs is 2. The molecule has 0 fully saturated rings. The molecule has 1 aromatic heterocycles. The Morgan fingerprint density at radius 1 is 1.16 bits per heavy atom. The molecular weight excluding hydrogens is 564 g/mol. The Bertz CT molecular complexity index is 1680. The van der Waals surface area contributed by atoms with Crippen LogP contribution in [-0.4, -0.2) is 53.1 Å². The molecule has 3 aromatic carbocycles. The van der Waals surface area contributed by atoms with E-state index in [1.807, 2.05) is 69.3 Å². The molecule has 0 saturated heterocycles. The van der Waals surface area contributed by atoms with Gasteiger partial charge in [-0.3, -0.25) is 13.9 Å². The molecular formula is C33H42N4O5S. The van der Waals surface area contributed by atoms with Crippen molar-refractivity contribution in [2.75, 3.05) is 13.7 Å². The Kier molecular flexibility index (Phi) is 8.34. The average Bonchev–Trinajstić information content (AvgIpc) is 3.37. The molecule has 230 valence electrons. The van der Waals surface area contributed by atoms with E-state index in [9.17, 15) is 19.0 Å². The van der Waals surface area contributed by atoms with E-state index in [4.69, 9.17) is 4.74 Å². The summed E-state index contributed by atoms with van der Waals surface area (Å²) in [6, 6.07) is 15.5. The lowest BCUT2D eigenvalue weighted by atomic mass is 9.69. The van der Waals surface area contributed by atoms with Crippen molar-refractivity contribution in [3.63, 3.8) is 0 Å².